The first-order valence-electron chi connectivity index (χ1n) is 10.3. The molecule has 0 aliphatic heterocycles. The van der Waals surface area contributed by atoms with Crippen LogP contribution >= 0.6 is 23.4 Å². The molecular formula is C22H24ClN5O4S. The Kier molecular flexibility index (Phi) is 8.29. The van der Waals surface area contributed by atoms with Gasteiger partial charge in [-0.05, 0) is 36.6 Å². The first kappa shape index (κ1) is 24.5. The summed E-state index contributed by atoms with van der Waals surface area (Å²) in [6.45, 7) is 7.09. The molecule has 0 unspecified atom stereocenters. The number of benzene rings is 2. The normalized spacial score (nSPS) is 10.9. The monoisotopic (exact) mass is 489 g/mol. The highest BCUT2D eigenvalue weighted by molar-refractivity contribution is 7.99. The zero-order chi connectivity index (χ0) is 24.0. The molecular weight excluding hydrogens is 466 g/mol. The van der Waals surface area contributed by atoms with Gasteiger partial charge < -0.3 is 14.6 Å². The molecule has 3 aromatic rings. The summed E-state index contributed by atoms with van der Waals surface area (Å²) in [4.78, 5) is 22.8. The first-order chi connectivity index (χ1) is 15.8. The van der Waals surface area contributed by atoms with E-state index in [0.29, 0.717) is 23.4 Å². The number of nitrogens with zero attached hydrogens (tertiary/aromatic N) is 4. The Hall–Kier alpha value is -3.11. The Morgan fingerprint density at radius 2 is 1.97 bits per heavy atom. The smallest absolute Gasteiger partial charge is 0.271 e. The van der Waals surface area contributed by atoms with E-state index in [0.717, 1.165) is 5.75 Å². The van der Waals surface area contributed by atoms with Crippen LogP contribution < -0.4 is 10.1 Å². The minimum atomic E-state index is -0.549. The van der Waals surface area contributed by atoms with E-state index in [2.05, 4.69) is 29.4 Å². The van der Waals surface area contributed by atoms with Crippen molar-refractivity contribution in [1.82, 2.24) is 14.8 Å². The average molecular weight is 490 g/mol. The molecule has 0 saturated heterocycles. The number of carbonyl (C=O) groups is 1. The van der Waals surface area contributed by atoms with Gasteiger partial charge in [0.2, 0.25) is 5.91 Å². The molecule has 0 aliphatic carbocycles. The maximum Gasteiger partial charge on any atom is 0.271 e. The molecule has 0 atom stereocenters. The molecule has 3 rings (SSSR count). The van der Waals surface area contributed by atoms with E-state index in [4.69, 9.17) is 16.3 Å². The molecule has 0 radical (unpaired) electrons. The second-order valence-corrected chi connectivity index (χ2v) is 8.76. The maximum atomic E-state index is 12.4. The van der Waals surface area contributed by atoms with E-state index in [9.17, 15) is 14.9 Å². The van der Waals surface area contributed by atoms with E-state index in [1.807, 2.05) is 35.8 Å². The average Bonchev–Trinajstić information content (AvgIpc) is 3.19. The van der Waals surface area contributed by atoms with Gasteiger partial charge in [0, 0.05) is 18.7 Å². The Balaban J connectivity index is 1.59. The lowest BCUT2D eigenvalue weighted by Gasteiger charge is -2.10. The van der Waals surface area contributed by atoms with Gasteiger partial charge in [-0.15, -0.1) is 10.2 Å². The molecule has 0 spiro atoms. The van der Waals surface area contributed by atoms with Crippen molar-refractivity contribution < 1.29 is 14.5 Å². The number of anilines is 1. The Bertz CT molecular complexity index is 1130. The van der Waals surface area contributed by atoms with Crippen molar-refractivity contribution in [1.29, 1.82) is 0 Å². The van der Waals surface area contributed by atoms with Crippen LogP contribution in [-0.2, 0) is 17.9 Å². The fourth-order valence-corrected chi connectivity index (χ4v) is 3.97. The largest absolute Gasteiger partial charge is 0.486 e. The number of rotatable bonds is 10. The van der Waals surface area contributed by atoms with Gasteiger partial charge in [0.1, 0.15) is 12.4 Å². The van der Waals surface area contributed by atoms with E-state index in [1.54, 1.807) is 0 Å². The highest BCUT2D eigenvalue weighted by atomic mass is 35.5. The highest BCUT2D eigenvalue weighted by Gasteiger charge is 2.16. The summed E-state index contributed by atoms with van der Waals surface area (Å²) in [5, 5.41) is 22.7. The molecule has 174 valence electrons. The van der Waals surface area contributed by atoms with Crippen LogP contribution in [0.5, 0.6) is 5.75 Å². The molecule has 9 nitrogen and oxygen atoms in total. The van der Waals surface area contributed by atoms with E-state index in [1.165, 1.54) is 35.5 Å². The van der Waals surface area contributed by atoms with Gasteiger partial charge in [-0.25, -0.2) is 0 Å². The minimum Gasteiger partial charge on any atom is -0.486 e. The maximum absolute atomic E-state index is 12.4. The lowest BCUT2D eigenvalue weighted by Crippen LogP contribution is -2.15. The van der Waals surface area contributed by atoms with Crippen LogP contribution in [0.25, 0.3) is 0 Å². The fraction of sp³-hybridized carbons (Fsp3) is 0.318. The number of thioether (sulfide) groups is 1. The zero-order valence-corrected chi connectivity index (χ0v) is 20.0. The number of amides is 1. The number of nitro benzene ring substituents is 1. The second-order valence-electron chi connectivity index (χ2n) is 7.41. The Morgan fingerprint density at radius 1 is 1.24 bits per heavy atom. The summed E-state index contributed by atoms with van der Waals surface area (Å²) in [5.41, 5.74) is 1.27. The standard InChI is InChI=1S/C22H24ClN5O4S/c1-4-27-20(12-32-17-8-5-15(6-9-17)14(2)3)25-26-22(27)33-13-21(29)24-19-11-16(28(30)31)7-10-18(19)23/h5-11,14H,4,12-13H2,1-3H3,(H,24,29). The molecule has 2 aromatic carbocycles. The molecule has 0 aliphatic rings. The SMILES string of the molecule is CCn1c(COc2ccc(C(C)C)cc2)nnc1SCC(=O)Nc1cc([N+](=O)[O-])ccc1Cl. The number of hydrogen-bond acceptors (Lipinski definition) is 7. The van der Waals surface area contributed by atoms with Crippen LogP contribution in [0.3, 0.4) is 0 Å². The third kappa shape index (κ3) is 6.45. The summed E-state index contributed by atoms with van der Waals surface area (Å²) < 4.78 is 7.73. The molecule has 0 bridgehead atoms. The van der Waals surface area contributed by atoms with Crippen molar-refractivity contribution in [2.45, 2.75) is 45.0 Å². The van der Waals surface area contributed by atoms with Crippen LogP contribution in [0.4, 0.5) is 11.4 Å². The van der Waals surface area contributed by atoms with Gasteiger partial charge in [0.25, 0.3) is 5.69 Å². The van der Waals surface area contributed by atoms with Crippen LogP contribution in [0.1, 0.15) is 38.1 Å². The fourth-order valence-electron chi connectivity index (χ4n) is 2.99. The summed E-state index contributed by atoms with van der Waals surface area (Å²) in [6.07, 6.45) is 0. The summed E-state index contributed by atoms with van der Waals surface area (Å²) in [6, 6.07) is 11.8. The Morgan fingerprint density at radius 3 is 2.61 bits per heavy atom. The van der Waals surface area contributed by atoms with Crippen molar-refractivity contribution in [3.63, 3.8) is 0 Å². The molecule has 33 heavy (non-hydrogen) atoms. The molecule has 1 amide bonds. The Labute approximate surface area is 200 Å². The number of nitrogens with one attached hydrogen (secondary N) is 1. The third-order valence-electron chi connectivity index (χ3n) is 4.79. The van der Waals surface area contributed by atoms with Gasteiger partial charge in [-0.2, -0.15) is 0 Å². The highest BCUT2D eigenvalue weighted by Crippen LogP contribution is 2.27. The quantitative estimate of drug-likeness (QED) is 0.234. The summed E-state index contributed by atoms with van der Waals surface area (Å²) in [7, 11) is 0. The minimum absolute atomic E-state index is 0.0364. The second kappa shape index (κ2) is 11.2. The van der Waals surface area contributed by atoms with Crippen LogP contribution in [0.2, 0.25) is 5.02 Å². The van der Waals surface area contributed by atoms with E-state index >= 15 is 0 Å². The molecule has 0 saturated carbocycles. The van der Waals surface area contributed by atoms with Gasteiger partial charge in [-0.1, -0.05) is 49.3 Å². The lowest BCUT2D eigenvalue weighted by atomic mass is 10.0. The zero-order valence-electron chi connectivity index (χ0n) is 18.4. The predicted octanol–water partition coefficient (Wildman–Crippen LogP) is 5.29. The number of halogens is 1. The van der Waals surface area contributed by atoms with Crippen molar-refractivity contribution in [2.75, 3.05) is 11.1 Å². The van der Waals surface area contributed by atoms with Crippen molar-refractivity contribution in [3.8, 4) is 5.75 Å². The molecule has 1 heterocycles. The summed E-state index contributed by atoms with van der Waals surface area (Å²) in [5.74, 6) is 1.51. The molecule has 1 aromatic heterocycles. The predicted molar refractivity (Wildman–Crippen MR) is 128 cm³/mol. The van der Waals surface area contributed by atoms with Crippen molar-refractivity contribution >= 4 is 40.6 Å². The molecule has 11 heteroatoms. The van der Waals surface area contributed by atoms with Crippen LogP contribution in [0.15, 0.2) is 47.6 Å². The number of carbonyl (C=O) groups excluding carboxylic acids is 1. The summed E-state index contributed by atoms with van der Waals surface area (Å²) >= 11 is 7.25. The van der Waals surface area contributed by atoms with Crippen LogP contribution in [-0.4, -0.2) is 31.3 Å². The lowest BCUT2D eigenvalue weighted by molar-refractivity contribution is -0.384. The van der Waals surface area contributed by atoms with Crippen molar-refractivity contribution in [3.05, 3.63) is 69.0 Å². The number of nitro groups is 1. The van der Waals surface area contributed by atoms with E-state index < -0.39 is 4.92 Å². The number of ether oxygens (including phenoxy) is 1. The number of non-ortho nitro benzene ring substituents is 1. The van der Waals surface area contributed by atoms with E-state index in [-0.39, 0.29) is 34.7 Å². The van der Waals surface area contributed by atoms with Gasteiger partial charge >= 0.3 is 0 Å². The van der Waals surface area contributed by atoms with Crippen LogP contribution in [0, 0.1) is 10.1 Å². The topological polar surface area (TPSA) is 112 Å². The van der Waals surface area contributed by atoms with Gasteiger partial charge in [-0.3, -0.25) is 14.9 Å². The van der Waals surface area contributed by atoms with Crippen molar-refractivity contribution in [2.24, 2.45) is 0 Å². The first-order valence-corrected chi connectivity index (χ1v) is 11.7. The van der Waals surface area contributed by atoms with Gasteiger partial charge in [0.05, 0.1) is 21.4 Å². The third-order valence-corrected chi connectivity index (χ3v) is 6.09. The molecule has 1 N–H and O–H groups in total. The van der Waals surface area contributed by atoms with Gasteiger partial charge in [0.15, 0.2) is 11.0 Å². The number of hydrogen-bond donors (Lipinski definition) is 1. The number of aromatic nitrogens is 3. The molecule has 0 fully saturated rings.